The summed E-state index contributed by atoms with van der Waals surface area (Å²) in [6.07, 6.45) is 3.29. The van der Waals surface area contributed by atoms with Crippen LogP contribution in [0.5, 0.6) is 0 Å². The van der Waals surface area contributed by atoms with Crippen LogP contribution in [-0.4, -0.2) is 43.6 Å². The van der Waals surface area contributed by atoms with Crippen molar-refractivity contribution in [3.8, 4) is 0 Å². The van der Waals surface area contributed by atoms with Gasteiger partial charge in [0, 0.05) is 36.9 Å². The Morgan fingerprint density at radius 1 is 1.07 bits per heavy atom. The Kier molecular flexibility index (Phi) is 6.58. The Hall–Kier alpha value is -2.81. The fourth-order valence-electron chi connectivity index (χ4n) is 3.08. The first kappa shape index (κ1) is 20.9. The number of aromatic nitrogens is 1. The second-order valence-corrected chi connectivity index (χ2v) is 8.58. The standard InChI is InChI=1S/C21H23N3O4S/c1-15(12-23-14-20(21(25)26)16-5-3-2-4-6-16)24-29(27,28)19-8-7-18-13-22-10-9-17(18)11-19/h2-11,13,15,20,23-24H,12,14H2,1H3,(H,25,26)/t15-,20?/m1/s1. The van der Waals surface area contributed by atoms with E-state index in [0.717, 1.165) is 10.8 Å². The lowest BCUT2D eigenvalue weighted by molar-refractivity contribution is -0.138. The number of hydrogen-bond acceptors (Lipinski definition) is 5. The molecule has 0 aliphatic rings. The van der Waals surface area contributed by atoms with E-state index in [-0.39, 0.29) is 11.4 Å². The van der Waals surface area contributed by atoms with Gasteiger partial charge in [-0.25, -0.2) is 13.1 Å². The largest absolute Gasteiger partial charge is 0.481 e. The molecule has 0 amide bonds. The van der Waals surface area contributed by atoms with Gasteiger partial charge in [-0.2, -0.15) is 0 Å². The summed E-state index contributed by atoms with van der Waals surface area (Å²) in [5.41, 5.74) is 0.700. The van der Waals surface area contributed by atoms with Crippen molar-refractivity contribution >= 4 is 26.8 Å². The third-order valence-corrected chi connectivity index (χ3v) is 6.16. The zero-order valence-corrected chi connectivity index (χ0v) is 16.8. The van der Waals surface area contributed by atoms with Gasteiger partial charge in [0.1, 0.15) is 0 Å². The molecule has 0 radical (unpaired) electrons. The van der Waals surface area contributed by atoms with E-state index in [1.165, 1.54) is 0 Å². The van der Waals surface area contributed by atoms with Crippen LogP contribution in [-0.2, 0) is 14.8 Å². The van der Waals surface area contributed by atoms with Crippen LogP contribution in [0.1, 0.15) is 18.4 Å². The van der Waals surface area contributed by atoms with E-state index < -0.39 is 28.0 Å². The number of aliphatic carboxylic acids is 1. The molecule has 0 aliphatic carbocycles. The first-order valence-electron chi connectivity index (χ1n) is 9.21. The average Bonchev–Trinajstić information content (AvgIpc) is 2.71. The molecule has 29 heavy (non-hydrogen) atoms. The fraction of sp³-hybridized carbons (Fsp3) is 0.238. The van der Waals surface area contributed by atoms with Crippen molar-refractivity contribution < 1.29 is 18.3 Å². The molecule has 0 fully saturated rings. The van der Waals surface area contributed by atoms with Crippen LogP contribution in [0.2, 0.25) is 0 Å². The summed E-state index contributed by atoms with van der Waals surface area (Å²) < 4.78 is 28.0. The van der Waals surface area contributed by atoms with Crippen molar-refractivity contribution in [2.75, 3.05) is 13.1 Å². The van der Waals surface area contributed by atoms with Crippen molar-refractivity contribution in [3.63, 3.8) is 0 Å². The number of carboxylic acid groups (broad SMARTS) is 1. The predicted octanol–water partition coefficient (Wildman–Crippen LogP) is 2.36. The zero-order chi connectivity index (χ0) is 20.9. The first-order chi connectivity index (χ1) is 13.9. The molecule has 1 aromatic heterocycles. The summed E-state index contributed by atoms with van der Waals surface area (Å²) in [4.78, 5) is 15.7. The molecule has 1 heterocycles. The molecule has 0 saturated heterocycles. The summed E-state index contributed by atoms with van der Waals surface area (Å²) >= 11 is 0. The number of carbonyl (C=O) groups is 1. The fourth-order valence-corrected chi connectivity index (χ4v) is 4.36. The molecule has 8 heteroatoms. The van der Waals surface area contributed by atoms with Gasteiger partial charge in [-0.1, -0.05) is 36.4 Å². The molecule has 0 spiro atoms. The van der Waals surface area contributed by atoms with Crippen LogP contribution in [0.3, 0.4) is 0 Å². The number of fused-ring (bicyclic) bond motifs is 1. The minimum absolute atomic E-state index is 0.177. The minimum atomic E-state index is -3.70. The number of pyridine rings is 1. The summed E-state index contributed by atoms with van der Waals surface area (Å²) in [7, 11) is -3.70. The lowest BCUT2D eigenvalue weighted by Crippen LogP contribution is -2.41. The quantitative estimate of drug-likeness (QED) is 0.497. The van der Waals surface area contributed by atoms with Crippen molar-refractivity contribution in [3.05, 3.63) is 72.6 Å². The molecule has 1 unspecified atom stereocenters. The minimum Gasteiger partial charge on any atom is -0.481 e. The normalized spacial score (nSPS) is 13.8. The lowest BCUT2D eigenvalue weighted by atomic mass is 9.99. The number of sulfonamides is 1. The Bertz CT molecular complexity index is 1090. The van der Waals surface area contributed by atoms with Crippen LogP contribution >= 0.6 is 0 Å². The Labute approximate surface area is 169 Å². The predicted molar refractivity (Wildman–Crippen MR) is 111 cm³/mol. The maximum atomic E-state index is 12.7. The molecule has 2 aromatic carbocycles. The molecule has 152 valence electrons. The second-order valence-electron chi connectivity index (χ2n) is 6.87. The monoisotopic (exact) mass is 413 g/mol. The molecule has 0 saturated carbocycles. The number of nitrogens with zero attached hydrogens (tertiary/aromatic N) is 1. The molecule has 2 atom stereocenters. The molecular weight excluding hydrogens is 390 g/mol. The van der Waals surface area contributed by atoms with Crippen molar-refractivity contribution in [2.24, 2.45) is 0 Å². The summed E-state index contributed by atoms with van der Waals surface area (Å²) in [6, 6.07) is 15.2. The highest BCUT2D eigenvalue weighted by molar-refractivity contribution is 7.89. The van der Waals surface area contributed by atoms with Crippen molar-refractivity contribution in [1.82, 2.24) is 15.0 Å². The summed E-state index contributed by atoms with van der Waals surface area (Å²) in [5, 5.41) is 14.2. The third-order valence-electron chi connectivity index (χ3n) is 4.58. The second kappa shape index (κ2) is 9.13. The van der Waals surface area contributed by atoms with Crippen molar-refractivity contribution in [1.29, 1.82) is 0 Å². The Morgan fingerprint density at radius 3 is 2.55 bits per heavy atom. The van der Waals surface area contributed by atoms with Crippen LogP contribution in [0, 0.1) is 0 Å². The van der Waals surface area contributed by atoms with E-state index in [1.807, 2.05) is 6.07 Å². The Morgan fingerprint density at radius 2 is 1.83 bits per heavy atom. The van der Waals surface area contributed by atoms with Gasteiger partial charge in [0.15, 0.2) is 0 Å². The van der Waals surface area contributed by atoms with Crippen LogP contribution in [0.4, 0.5) is 0 Å². The average molecular weight is 413 g/mol. The van der Waals surface area contributed by atoms with Gasteiger partial charge in [0.2, 0.25) is 10.0 Å². The summed E-state index contributed by atoms with van der Waals surface area (Å²) in [5.74, 6) is -1.63. The SMILES string of the molecule is C[C@H](CNCC(C(=O)O)c1ccccc1)NS(=O)(=O)c1ccc2cnccc2c1. The number of nitrogens with one attached hydrogen (secondary N) is 2. The van der Waals surface area contributed by atoms with Crippen LogP contribution < -0.4 is 10.0 Å². The molecule has 3 rings (SSSR count). The highest BCUT2D eigenvalue weighted by Gasteiger charge is 2.21. The first-order valence-corrected chi connectivity index (χ1v) is 10.7. The third kappa shape index (κ3) is 5.38. The molecule has 3 aromatic rings. The number of carboxylic acids is 1. The van der Waals surface area contributed by atoms with Gasteiger partial charge < -0.3 is 10.4 Å². The number of hydrogen-bond donors (Lipinski definition) is 3. The molecule has 0 bridgehead atoms. The maximum Gasteiger partial charge on any atom is 0.312 e. The van der Waals surface area contributed by atoms with Crippen LogP contribution in [0.25, 0.3) is 10.8 Å². The van der Waals surface area contributed by atoms with Gasteiger partial charge in [0.05, 0.1) is 10.8 Å². The van der Waals surface area contributed by atoms with Gasteiger partial charge >= 0.3 is 5.97 Å². The van der Waals surface area contributed by atoms with E-state index in [0.29, 0.717) is 12.1 Å². The van der Waals surface area contributed by atoms with E-state index in [9.17, 15) is 18.3 Å². The maximum absolute atomic E-state index is 12.7. The number of benzene rings is 2. The molecule has 0 aliphatic heterocycles. The van der Waals surface area contributed by atoms with Crippen LogP contribution in [0.15, 0.2) is 71.9 Å². The van der Waals surface area contributed by atoms with E-state index >= 15 is 0 Å². The van der Waals surface area contributed by atoms with Gasteiger partial charge in [-0.05, 0) is 36.1 Å². The topological polar surface area (TPSA) is 108 Å². The van der Waals surface area contributed by atoms with Gasteiger partial charge in [-0.15, -0.1) is 0 Å². The highest BCUT2D eigenvalue weighted by atomic mass is 32.2. The van der Waals surface area contributed by atoms with E-state index in [2.05, 4.69) is 15.0 Å². The molecule has 3 N–H and O–H groups in total. The van der Waals surface area contributed by atoms with Crippen molar-refractivity contribution in [2.45, 2.75) is 23.8 Å². The van der Waals surface area contributed by atoms with Gasteiger partial charge in [-0.3, -0.25) is 9.78 Å². The molecular formula is C21H23N3O4S. The zero-order valence-electron chi connectivity index (χ0n) is 15.9. The lowest BCUT2D eigenvalue weighted by Gasteiger charge is -2.18. The van der Waals surface area contributed by atoms with E-state index in [1.54, 1.807) is 67.8 Å². The highest BCUT2D eigenvalue weighted by Crippen LogP contribution is 2.18. The van der Waals surface area contributed by atoms with E-state index in [4.69, 9.17) is 0 Å². The summed E-state index contributed by atoms with van der Waals surface area (Å²) in [6.45, 7) is 2.23. The Balaban J connectivity index is 1.60. The smallest absolute Gasteiger partial charge is 0.312 e. The van der Waals surface area contributed by atoms with Gasteiger partial charge in [0.25, 0.3) is 0 Å². The molecule has 7 nitrogen and oxygen atoms in total. The number of rotatable bonds is 9.